The lowest BCUT2D eigenvalue weighted by atomic mass is 10.0. The molecule has 126 valence electrons. The van der Waals surface area contributed by atoms with Gasteiger partial charge in [-0.2, -0.15) is 5.10 Å². The van der Waals surface area contributed by atoms with Crippen molar-refractivity contribution in [1.29, 1.82) is 0 Å². The number of aromatic nitrogens is 2. The van der Waals surface area contributed by atoms with Crippen molar-refractivity contribution in [1.82, 2.24) is 14.7 Å². The molecule has 2 aromatic rings. The molecule has 1 amide bonds. The van der Waals surface area contributed by atoms with Crippen LogP contribution in [0.15, 0.2) is 36.7 Å². The SMILES string of the molecule is Cc1cnn(C[C@H]2CCCCN2C(=O)[C@@H]2Cc3ccccc3O2)c1. The second-order valence-corrected chi connectivity index (χ2v) is 6.84. The summed E-state index contributed by atoms with van der Waals surface area (Å²) in [6, 6.07) is 8.15. The van der Waals surface area contributed by atoms with Crippen molar-refractivity contribution in [3.05, 3.63) is 47.8 Å². The van der Waals surface area contributed by atoms with E-state index >= 15 is 0 Å². The molecule has 1 aromatic carbocycles. The molecule has 2 aliphatic rings. The predicted molar refractivity (Wildman–Crippen MR) is 90.9 cm³/mol. The van der Waals surface area contributed by atoms with Gasteiger partial charge < -0.3 is 9.64 Å². The smallest absolute Gasteiger partial charge is 0.264 e. The molecule has 3 heterocycles. The van der Waals surface area contributed by atoms with E-state index in [1.54, 1.807) is 0 Å². The molecular weight excluding hydrogens is 302 g/mol. The lowest BCUT2D eigenvalue weighted by Crippen LogP contribution is -2.50. The molecule has 2 atom stereocenters. The van der Waals surface area contributed by atoms with Gasteiger partial charge in [-0.1, -0.05) is 18.2 Å². The van der Waals surface area contributed by atoms with Crippen LogP contribution >= 0.6 is 0 Å². The number of hydrogen-bond acceptors (Lipinski definition) is 3. The van der Waals surface area contributed by atoms with Crippen LogP contribution in [0.25, 0.3) is 0 Å². The Balaban J connectivity index is 1.47. The van der Waals surface area contributed by atoms with Crippen molar-refractivity contribution in [2.45, 2.75) is 51.3 Å². The molecule has 4 rings (SSSR count). The van der Waals surface area contributed by atoms with Crippen LogP contribution in [0.1, 0.15) is 30.4 Å². The fourth-order valence-corrected chi connectivity index (χ4v) is 3.77. The number of aryl methyl sites for hydroxylation is 1. The van der Waals surface area contributed by atoms with Gasteiger partial charge in [0.15, 0.2) is 6.10 Å². The van der Waals surface area contributed by atoms with Gasteiger partial charge in [0.1, 0.15) is 5.75 Å². The molecule has 0 bridgehead atoms. The number of likely N-dealkylation sites (tertiary alicyclic amines) is 1. The maximum atomic E-state index is 13.0. The fraction of sp³-hybridized carbons (Fsp3) is 0.474. The van der Waals surface area contributed by atoms with E-state index in [1.165, 1.54) is 6.42 Å². The molecule has 1 fully saturated rings. The van der Waals surface area contributed by atoms with Crippen LogP contribution in [-0.4, -0.2) is 39.3 Å². The minimum Gasteiger partial charge on any atom is -0.480 e. The van der Waals surface area contributed by atoms with Gasteiger partial charge >= 0.3 is 0 Å². The largest absolute Gasteiger partial charge is 0.480 e. The number of carbonyl (C=O) groups excluding carboxylic acids is 1. The molecule has 0 unspecified atom stereocenters. The first-order valence-electron chi connectivity index (χ1n) is 8.75. The van der Waals surface area contributed by atoms with Gasteiger partial charge in [-0.15, -0.1) is 0 Å². The summed E-state index contributed by atoms with van der Waals surface area (Å²) in [7, 11) is 0. The van der Waals surface area contributed by atoms with Crippen LogP contribution in [0.3, 0.4) is 0 Å². The summed E-state index contributed by atoms with van der Waals surface area (Å²) in [6.07, 6.45) is 7.48. The van der Waals surface area contributed by atoms with E-state index in [0.29, 0.717) is 6.42 Å². The minimum atomic E-state index is -0.373. The number of carbonyl (C=O) groups is 1. The number of fused-ring (bicyclic) bond motifs is 1. The van der Waals surface area contributed by atoms with E-state index in [4.69, 9.17) is 4.74 Å². The summed E-state index contributed by atoms with van der Waals surface area (Å²) in [4.78, 5) is 15.1. The molecule has 0 radical (unpaired) electrons. The Morgan fingerprint density at radius 2 is 2.21 bits per heavy atom. The molecule has 5 heteroatoms. The molecule has 1 aromatic heterocycles. The summed E-state index contributed by atoms with van der Waals surface area (Å²) in [5.74, 6) is 0.979. The predicted octanol–water partition coefficient (Wildman–Crippen LogP) is 2.58. The highest BCUT2D eigenvalue weighted by Crippen LogP contribution is 2.30. The summed E-state index contributed by atoms with van der Waals surface area (Å²) < 4.78 is 7.87. The monoisotopic (exact) mass is 325 g/mol. The Kier molecular flexibility index (Phi) is 4.00. The van der Waals surface area contributed by atoms with Crippen LogP contribution in [0.2, 0.25) is 0 Å². The van der Waals surface area contributed by atoms with Gasteiger partial charge in [-0.3, -0.25) is 9.48 Å². The molecule has 1 saturated heterocycles. The number of amides is 1. The third-order valence-electron chi connectivity index (χ3n) is 4.99. The number of benzene rings is 1. The highest BCUT2D eigenvalue weighted by molar-refractivity contribution is 5.83. The fourth-order valence-electron chi connectivity index (χ4n) is 3.77. The molecule has 5 nitrogen and oxygen atoms in total. The van der Waals surface area contributed by atoms with Gasteiger partial charge in [0.05, 0.1) is 18.8 Å². The van der Waals surface area contributed by atoms with Crippen molar-refractivity contribution >= 4 is 5.91 Å². The number of piperidine rings is 1. The van der Waals surface area contributed by atoms with Gasteiger partial charge in [-0.05, 0) is 43.4 Å². The highest BCUT2D eigenvalue weighted by atomic mass is 16.5. The summed E-state index contributed by atoms with van der Waals surface area (Å²) >= 11 is 0. The third-order valence-corrected chi connectivity index (χ3v) is 4.99. The highest BCUT2D eigenvalue weighted by Gasteiger charge is 2.36. The van der Waals surface area contributed by atoms with Gasteiger partial charge in [0.25, 0.3) is 5.91 Å². The van der Waals surface area contributed by atoms with Crippen LogP contribution in [0.5, 0.6) is 5.75 Å². The van der Waals surface area contributed by atoms with E-state index in [-0.39, 0.29) is 18.1 Å². The number of hydrogen-bond donors (Lipinski definition) is 0. The van der Waals surface area contributed by atoms with E-state index in [1.807, 2.05) is 53.2 Å². The number of nitrogens with zero attached hydrogens (tertiary/aromatic N) is 3. The molecule has 2 aliphatic heterocycles. The zero-order chi connectivity index (χ0) is 16.5. The third kappa shape index (κ3) is 2.90. The van der Waals surface area contributed by atoms with Crippen molar-refractivity contribution in [3.8, 4) is 5.75 Å². The van der Waals surface area contributed by atoms with Crippen molar-refractivity contribution < 1.29 is 9.53 Å². The van der Waals surface area contributed by atoms with Crippen LogP contribution in [0.4, 0.5) is 0 Å². The average Bonchev–Trinajstić information content (AvgIpc) is 3.20. The minimum absolute atomic E-state index is 0.125. The maximum Gasteiger partial charge on any atom is 0.264 e. The van der Waals surface area contributed by atoms with Crippen molar-refractivity contribution in [3.63, 3.8) is 0 Å². The molecule has 0 N–H and O–H groups in total. The number of rotatable bonds is 3. The molecule has 0 aliphatic carbocycles. The Morgan fingerprint density at radius 1 is 1.33 bits per heavy atom. The van der Waals surface area contributed by atoms with E-state index in [9.17, 15) is 4.79 Å². The van der Waals surface area contributed by atoms with Gasteiger partial charge in [-0.25, -0.2) is 0 Å². The summed E-state index contributed by atoms with van der Waals surface area (Å²) in [5.41, 5.74) is 2.28. The van der Waals surface area contributed by atoms with E-state index in [0.717, 1.165) is 42.8 Å². The molecule has 0 saturated carbocycles. The van der Waals surface area contributed by atoms with Crippen LogP contribution in [0, 0.1) is 6.92 Å². The first kappa shape index (κ1) is 15.2. The van der Waals surface area contributed by atoms with Crippen molar-refractivity contribution in [2.24, 2.45) is 0 Å². The topological polar surface area (TPSA) is 47.4 Å². The average molecular weight is 325 g/mol. The first-order valence-corrected chi connectivity index (χ1v) is 8.75. The second kappa shape index (κ2) is 6.30. The summed E-state index contributed by atoms with van der Waals surface area (Å²) in [6.45, 7) is 3.62. The normalized spacial score (nSPS) is 23.0. The zero-order valence-electron chi connectivity index (χ0n) is 14.0. The lowest BCUT2D eigenvalue weighted by Gasteiger charge is -2.37. The summed E-state index contributed by atoms with van der Waals surface area (Å²) in [5, 5.41) is 4.38. The van der Waals surface area contributed by atoms with Gasteiger partial charge in [0, 0.05) is 19.2 Å². The van der Waals surface area contributed by atoms with Gasteiger partial charge in [0.2, 0.25) is 0 Å². The van der Waals surface area contributed by atoms with Crippen molar-refractivity contribution in [2.75, 3.05) is 6.54 Å². The first-order chi connectivity index (χ1) is 11.7. The maximum absolute atomic E-state index is 13.0. The Hall–Kier alpha value is -2.30. The van der Waals surface area contributed by atoms with E-state index < -0.39 is 0 Å². The standard InChI is InChI=1S/C19H23N3O2/c1-14-11-20-21(12-14)13-16-7-4-5-9-22(16)19(23)18-10-15-6-2-3-8-17(15)24-18/h2-3,6,8,11-12,16,18H,4-5,7,9-10,13H2,1H3/t16-,18+/m1/s1. The zero-order valence-corrected chi connectivity index (χ0v) is 14.0. The van der Waals surface area contributed by atoms with Crippen LogP contribution in [-0.2, 0) is 17.8 Å². The lowest BCUT2D eigenvalue weighted by molar-refractivity contribution is -0.142. The van der Waals surface area contributed by atoms with E-state index in [2.05, 4.69) is 5.10 Å². The number of ether oxygens (including phenoxy) is 1. The second-order valence-electron chi connectivity index (χ2n) is 6.84. The Morgan fingerprint density at radius 3 is 3.00 bits per heavy atom. The molecule has 0 spiro atoms. The van der Waals surface area contributed by atoms with Crippen LogP contribution < -0.4 is 4.74 Å². The quantitative estimate of drug-likeness (QED) is 0.871. The number of para-hydroxylation sites is 1. The Labute approximate surface area is 142 Å². The molecular formula is C19H23N3O2. The molecule has 24 heavy (non-hydrogen) atoms. The Bertz CT molecular complexity index is 715.